The van der Waals surface area contributed by atoms with Crippen molar-refractivity contribution < 1.29 is 9.18 Å². The molecule has 0 heterocycles. The van der Waals surface area contributed by atoms with Gasteiger partial charge in [-0.05, 0) is 65.2 Å². The smallest absolute Gasteiger partial charge is 0.194 e. The maximum absolute atomic E-state index is 13.5. The number of aryl methyl sites for hydroxylation is 2. The summed E-state index contributed by atoms with van der Waals surface area (Å²) in [7, 11) is 0. The summed E-state index contributed by atoms with van der Waals surface area (Å²) in [4.78, 5) is 12.5. The maximum atomic E-state index is 13.5. The van der Waals surface area contributed by atoms with Crippen LogP contribution in [-0.4, -0.2) is 5.78 Å². The van der Waals surface area contributed by atoms with Crippen LogP contribution >= 0.6 is 31.9 Å². The van der Waals surface area contributed by atoms with Gasteiger partial charge >= 0.3 is 0 Å². The molecule has 0 aliphatic carbocycles. The van der Waals surface area contributed by atoms with E-state index in [0.29, 0.717) is 11.1 Å². The molecule has 1 nitrogen and oxygen atoms in total. The van der Waals surface area contributed by atoms with Gasteiger partial charge in [0.25, 0.3) is 0 Å². The standard InChI is InChI=1S/C15H11Br2FO/c1-8-7-12(16)9(2)6-11(8)15(19)10-4-3-5-13(18)14(10)17/h3-7H,1-2H3. The third-order valence-electron chi connectivity index (χ3n) is 2.95. The molecule has 0 fully saturated rings. The normalized spacial score (nSPS) is 10.6. The Hall–Kier alpha value is -1.000. The van der Waals surface area contributed by atoms with Gasteiger partial charge in [-0.2, -0.15) is 0 Å². The lowest BCUT2D eigenvalue weighted by Gasteiger charge is -2.09. The summed E-state index contributed by atoms with van der Waals surface area (Å²) < 4.78 is 14.7. The zero-order valence-corrected chi connectivity index (χ0v) is 13.6. The monoisotopic (exact) mass is 384 g/mol. The molecule has 0 aromatic heterocycles. The van der Waals surface area contributed by atoms with Gasteiger partial charge in [0.1, 0.15) is 5.82 Å². The van der Waals surface area contributed by atoms with Crippen LogP contribution < -0.4 is 0 Å². The van der Waals surface area contributed by atoms with Crippen LogP contribution in [0.25, 0.3) is 0 Å². The lowest BCUT2D eigenvalue weighted by Crippen LogP contribution is -2.06. The van der Waals surface area contributed by atoms with Gasteiger partial charge in [-0.1, -0.05) is 22.0 Å². The quantitative estimate of drug-likeness (QED) is 0.649. The fourth-order valence-corrected chi connectivity index (χ4v) is 2.75. The molecular formula is C15H11Br2FO. The predicted molar refractivity (Wildman–Crippen MR) is 81.1 cm³/mol. The van der Waals surface area contributed by atoms with Crippen LogP contribution in [-0.2, 0) is 0 Å². The van der Waals surface area contributed by atoms with Crippen LogP contribution in [0.5, 0.6) is 0 Å². The van der Waals surface area contributed by atoms with Crippen molar-refractivity contribution in [2.24, 2.45) is 0 Å². The summed E-state index contributed by atoms with van der Waals surface area (Å²) in [5.41, 5.74) is 2.76. The van der Waals surface area contributed by atoms with Crippen molar-refractivity contribution in [1.82, 2.24) is 0 Å². The summed E-state index contributed by atoms with van der Waals surface area (Å²) in [6.07, 6.45) is 0. The van der Waals surface area contributed by atoms with Crippen molar-refractivity contribution >= 4 is 37.6 Å². The average Bonchev–Trinajstić information content (AvgIpc) is 2.36. The van der Waals surface area contributed by atoms with Crippen LogP contribution in [0, 0.1) is 19.7 Å². The molecular weight excluding hydrogens is 375 g/mol. The largest absolute Gasteiger partial charge is 0.289 e. The first-order chi connectivity index (χ1) is 8.91. The Morgan fingerprint density at radius 1 is 1.05 bits per heavy atom. The van der Waals surface area contributed by atoms with E-state index in [9.17, 15) is 9.18 Å². The molecule has 0 amide bonds. The number of carbonyl (C=O) groups is 1. The van der Waals surface area contributed by atoms with Crippen LogP contribution in [0.2, 0.25) is 0 Å². The van der Waals surface area contributed by atoms with E-state index >= 15 is 0 Å². The van der Waals surface area contributed by atoms with Gasteiger partial charge in [-0.3, -0.25) is 4.79 Å². The molecule has 0 atom stereocenters. The second kappa shape index (κ2) is 5.55. The molecule has 4 heteroatoms. The van der Waals surface area contributed by atoms with E-state index in [1.807, 2.05) is 26.0 Å². The lowest BCUT2D eigenvalue weighted by molar-refractivity contribution is 0.103. The molecule has 0 radical (unpaired) electrons. The van der Waals surface area contributed by atoms with E-state index < -0.39 is 5.82 Å². The fraction of sp³-hybridized carbons (Fsp3) is 0.133. The Morgan fingerprint density at radius 2 is 1.74 bits per heavy atom. The summed E-state index contributed by atoms with van der Waals surface area (Å²) in [5.74, 6) is -0.614. The van der Waals surface area contributed by atoms with Gasteiger partial charge in [-0.15, -0.1) is 0 Å². The maximum Gasteiger partial charge on any atom is 0.194 e. The van der Waals surface area contributed by atoms with E-state index in [0.717, 1.165) is 15.6 Å². The molecule has 2 aromatic rings. The van der Waals surface area contributed by atoms with E-state index in [2.05, 4.69) is 31.9 Å². The van der Waals surface area contributed by atoms with Gasteiger partial charge in [0.15, 0.2) is 5.78 Å². The number of benzene rings is 2. The van der Waals surface area contributed by atoms with Gasteiger partial charge in [0.05, 0.1) is 4.47 Å². The minimum Gasteiger partial charge on any atom is -0.289 e. The molecule has 0 unspecified atom stereocenters. The van der Waals surface area contributed by atoms with Crippen molar-refractivity contribution in [2.45, 2.75) is 13.8 Å². The molecule has 0 spiro atoms. The summed E-state index contributed by atoms with van der Waals surface area (Å²) in [5, 5.41) is 0. The van der Waals surface area contributed by atoms with Gasteiger partial charge in [0.2, 0.25) is 0 Å². The van der Waals surface area contributed by atoms with Crippen LogP contribution in [0.15, 0.2) is 39.3 Å². The minimum atomic E-state index is -0.433. The molecule has 98 valence electrons. The molecule has 2 rings (SSSR count). The second-order valence-electron chi connectivity index (χ2n) is 4.35. The number of rotatable bonds is 2. The highest BCUT2D eigenvalue weighted by Crippen LogP contribution is 2.27. The fourth-order valence-electron chi connectivity index (χ4n) is 1.85. The molecule has 0 N–H and O–H groups in total. The molecule has 0 aliphatic heterocycles. The lowest BCUT2D eigenvalue weighted by atomic mass is 9.97. The second-order valence-corrected chi connectivity index (χ2v) is 5.99. The topological polar surface area (TPSA) is 17.1 Å². The Kier molecular flexibility index (Phi) is 4.21. The van der Waals surface area contributed by atoms with Crippen molar-refractivity contribution in [2.75, 3.05) is 0 Å². The first kappa shape index (κ1) is 14.4. The molecule has 0 saturated carbocycles. The average molecular weight is 386 g/mol. The third kappa shape index (κ3) is 2.79. The molecule has 2 aromatic carbocycles. The third-order valence-corrected chi connectivity index (χ3v) is 4.61. The molecule has 19 heavy (non-hydrogen) atoms. The Morgan fingerprint density at radius 3 is 2.42 bits per heavy atom. The summed E-state index contributed by atoms with van der Waals surface area (Å²) >= 11 is 6.56. The minimum absolute atomic E-state index is 0.181. The Labute approximate surface area is 128 Å². The van der Waals surface area contributed by atoms with E-state index in [-0.39, 0.29) is 10.3 Å². The number of carbonyl (C=O) groups excluding carboxylic acids is 1. The highest BCUT2D eigenvalue weighted by atomic mass is 79.9. The van der Waals surface area contributed by atoms with Crippen molar-refractivity contribution in [3.8, 4) is 0 Å². The van der Waals surface area contributed by atoms with E-state index in [1.165, 1.54) is 12.1 Å². The number of hydrogen-bond donors (Lipinski definition) is 0. The predicted octanol–water partition coefficient (Wildman–Crippen LogP) is 5.20. The highest BCUT2D eigenvalue weighted by Gasteiger charge is 2.17. The van der Waals surface area contributed by atoms with Crippen molar-refractivity contribution in [3.05, 3.63) is 67.3 Å². The highest BCUT2D eigenvalue weighted by molar-refractivity contribution is 9.10. The van der Waals surface area contributed by atoms with E-state index in [1.54, 1.807) is 6.07 Å². The Balaban J connectivity index is 2.56. The van der Waals surface area contributed by atoms with Gasteiger partial charge in [-0.25, -0.2) is 4.39 Å². The van der Waals surface area contributed by atoms with Crippen molar-refractivity contribution in [3.63, 3.8) is 0 Å². The van der Waals surface area contributed by atoms with Gasteiger partial charge in [0, 0.05) is 15.6 Å². The van der Waals surface area contributed by atoms with Crippen LogP contribution in [0.1, 0.15) is 27.0 Å². The summed E-state index contributed by atoms with van der Waals surface area (Å²) in [6, 6.07) is 8.19. The van der Waals surface area contributed by atoms with Crippen LogP contribution in [0.3, 0.4) is 0 Å². The summed E-state index contributed by atoms with van der Waals surface area (Å²) in [6.45, 7) is 3.78. The number of ketones is 1. The Bertz CT molecular complexity index is 665. The zero-order valence-electron chi connectivity index (χ0n) is 10.4. The van der Waals surface area contributed by atoms with Crippen LogP contribution in [0.4, 0.5) is 4.39 Å². The number of halogens is 3. The van der Waals surface area contributed by atoms with E-state index in [4.69, 9.17) is 0 Å². The first-order valence-electron chi connectivity index (χ1n) is 5.67. The number of hydrogen-bond acceptors (Lipinski definition) is 1. The molecule has 0 saturated heterocycles. The zero-order chi connectivity index (χ0) is 14.2. The SMILES string of the molecule is Cc1cc(C(=O)c2cccc(F)c2Br)c(C)cc1Br. The molecule has 0 aliphatic rings. The van der Waals surface area contributed by atoms with Gasteiger partial charge < -0.3 is 0 Å². The first-order valence-corrected chi connectivity index (χ1v) is 7.26. The molecule has 0 bridgehead atoms. The van der Waals surface area contributed by atoms with Crippen molar-refractivity contribution in [1.29, 1.82) is 0 Å².